The Balaban J connectivity index is 2.75. The maximum Gasteiger partial charge on any atom is 0.327 e. The molecule has 5 nitrogen and oxygen atoms in total. The number of amides is 1. The highest BCUT2D eigenvalue weighted by Crippen LogP contribution is 2.33. The summed E-state index contributed by atoms with van der Waals surface area (Å²) >= 11 is 1.57. The maximum absolute atomic E-state index is 12.2. The van der Waals surface area contributed by atoms with E-state index in [1.807, 2.05) is 13.8 Å². The van der Waals surface area contributed by atoms with E-state index in [0.29, 0.717) is 18.7 Å². The number of aliphatic carboxylic acids is 1. The number of rotatable bonds is 6. The number of carboxylic acid groups (broad SMARTS) is 1. The van der Waals surface area contributed by atoms with Gasteiger partial charge in [-0.2, -0.15) is 0 Å². The Morgan fingerprint density at radius 2 is 2.22 bits per heavy atom. The summed E-state index contributed by atoms with van der Waals surface area (Å²) in [5.74, 6) is -0.401. The first-order chi connectivity index (χ1) is 8.51. The van der Waals surface area contributed by atoms with Gasteiger partial charge in [-0.25, -0.2) is 4.79 Å². The van der Waals surface area contributed by atoms with Crippen molar-refractivity contribution >= 4 is 23.6 Å². The topological polar surface area (TPSA) is 83.6 Å². The molecule has 1 heterocycles. The second-order valence-corrected chi connectivity index (χ2v) is 5.99. The molecule has 0 radical (unpaired) electrons. The number of carboxylic acids is 1. The summed E-state index contributed by atoms with van der Waals surface area (Å²) in [5, 5.41) is 9.19. The SMILES string of the molecule is CCCC1SCC(C(=O)O)N1C(=O)CC(C)CN. The van der Waals surface area contributed by atoms with Crippen molar-refractivity contribution in [3.63, 3.8) is 0 Å². The van der Waals surface area contributed by atoms with Crippen LogP contribution >= 0.6 is 11.8 Å². The number of carbonyl (C=O) groups is 2. The Labute approximate surface area is 112 Å². The van der Waals surface area contributed by atoms with E-state index in [4.69, 9.17) is 5.73 Å². The van der Waals surface area contributed by atoms with Crippen molar-refractivity contribution in [1.29, 1.82) is 0 Å². The van der Waals surface area contributed by atoms with E-state index in [9.17, 15) is 14.7 Å². The molecule has 104 valence electrons. The molecule has 1 aliphatic rings. The summed E-state index contributed by atoms with van der Waals surface area (Å²) < 4.78 is 0. The normalized spacial score (nSPS) is 25.2. The fourth-order valence-corrected chi connectivity index (χ4v) is 3.58. The standard InChI is InChI=1S/C12H22N2O3S/c1-3-4-11-14(9(7-18-11)12(16)17)10(15)5-8(2)6-13/h8-9,11H,3-7,13H2,1-2H3,(H,16,17). The average molecular weight is 274 g/mol. The highest BCUT2D eigenvalue weighted by molar-refractivity contribution is 8.00. The van der Waals surface area contributed by atoms with Gasteiger partial charge < -0.3 is 15.7 Å². The minimum atomic E-state index is -0.908. The Morgan fingerprint density at radius 1 is 1.56 bits per heavy atom. The summed E-state index contributed by atoms with van der Waals surface area (Å²) in [5.41, 5.74) is 5.51. The molecular weight excluding hydrogens is 252 g/mol. The Morgan fingerprint density at radius 3 is 2.72 bits per heavy atom. The van der Waals surface area contributed by atoms with E-state index in [-0.39, 0.29) is 17.2 Å². The highest BCUT2D eigenvalue weighted by atomic mass is 32.2. The molecule has 1 rings (SSSR count). The van der Waals surface area contributed by atoms with Crippen LogP contribution in [0.25, 0.3) is 0 Å². The molecule has 0 saturated carbocycles. The summed E-state index contributed by atoms with van der Waals surface area (Å²) in [7, 11) is 0. The average Bonchev–Trinajstić information content (AvgIpc) is 2.73. The zero-order chi connectivity index (χ0) is 13.7. The van der Waals surface area contributed by atoms with Gasteiger partial charge in [0.05, 0.1) is 5.37 Å². The first-order valence-corrected chi connectivity index (χ1v) is 7.41. The molecule has 18 heavy (non-hydrogen) atoms. The molecule has 0 aromatic rings. The minimum absolute atomic E-state index is 0.00794. The maximum atomic E-state index is 12.2. The summed E-state index contributed by atoms with van der Waals surface area (Å²) in [6, 6.07) is -0.677. The molecule has 0 aromatic heterocycles. The quantitative estimate of drug-likeness (QED) is 0.758. The van der Waals surface area contributed by atoms with E-state index in [1.165, 1.54) is 0 Å². The molecular formula is C12H22N2O3S. The lowest BCUT2D eigenvalue weighted by Gasteiger charge is -2.28. The van der Waals surface area contributed by atoms with Gasteiger partial charge in [-0.05, 0) is 18.9 Å². The molecule has 3 unspecified atom stereocenters. The smallest absolute Gasteiger partial charge is 0.327 e. The first kappa shape index (κ1) is 15.3. The predicted octanol–water partition coefficient (Wildman–Crippen LogP) is 1.13. The lowest BCUT2D eigenvalue weighted by atomic mass is 10.1. The van der Waals surface area contributed by atoms with Crippen LogP contribution < -0.4 is 5.73 Å². The van der Waals surface area contributed by atoms with Gasteiger partial charge in [-0.15, -0.1) is 11.8 Å². The molecule has 0 aromatic carbocycles. The summed E-state index contributed by atoms with van der Waals surface area (Å²) in [6.07, 6.45) is 2.12. The van der Waals surface area contributed by atoms with E-state index < -0.39 is 12.0 Å². The van der Waals surface area contributed by atoms with Crippen molar-refractivity contribution in [3.8, 4) is 0 Å². The zero-order valence-corrected chi connectivity index (χ0v) is 11.8. The van der Waals surface area contributed by atoms with Crippen molar-refractivity contribution in [2.45, 2.75) is 44.5 Å². The molecule has 1 fully saturated rings. The van der Waals surface area contributed by atoms with Crippen LogP contribution in [0.3, 0.4) is 0 Å². The van der Waals surface area contributed by atoms with Crippen molar-refractivity contribution < 1.29 is 14.7 Å². The van der Waals surface area contributed by atoms with Gasteiger partial charge in [-0.3, -0.25) is 4.79 Å². The van der Waals surface area contributed by atoms with Gasteiger partial charge in [0, 0.05) is 12.2 Å². The molecule has 1 aliphatic heterocycles. The van der Waals surface area contributed by atoms with Crippen molar-refractivity contribution in [1.82, 2.24) is 4.90 Å². The van der Waals surface area contributed by atoms with Crippen molar-refractivity contribution in [2.75, 3.05) is 12.3 Å². The predicted molar refractivity (Wildman–Crippen MR) is 72.3 cm³/mol. The van der Waals surface area contributed by atoms with Crippen molar-refractivity contribution in [3.05, 3.63) is 0 Å². The minimum Gasteiger partial charge on any atom is -0.480 e. The third-order valence-corrected chi connectivity index (χ3v) is 4.48. The first-order valence-electron chi connectivity index (χ1n) is 6.36. The monoisotopic (exact) mass is 274 g/mol. The zero-order valence-electron chi connectivity index (χ0n) is 11.0. The number of carbonyl (C=O) groups excluding carboxylic acids is 1. The number of thioether (sulfide) groups is 1. The van der Waals surface area contributed by atoms with Crippen LogP contribution in [0.5, 0.6) is 0 Å². The van der Waals surface area contributed by atoms with E-state index in [1.54, 1.807) is 16.7 Å². The third kappa shape index (κ3) is 3.62. The fourth-order valence-electron chi connectivity index (χ4n) is 2.04. The van der Waals surface area contributed by atoms with Gasteiger partial charge in [-0.1, -0.05) is 20.3 Å². The molecule has 0 aliphatic carbocycles. The third-order valence-electron chi connectivity index (χ3n) is 3.13. The van der Waals surface area contributed by atoms with Gasteiger partial charge >= 0.3 is 5.97 Å². The number of nitrogens with zero attached hydrogens (tertiary/aromatic N) is 1. The second kappa shape index (κ2) is 6.99. The van der Waals surface area contributed by atoms with E-state index >= 15 is 0 Å². The van der Waals surface area contributed by atoms with Crippen LogP contribution in [0.15, 0.2) is 0 Å². The van der Waals surface area contributed by atoms with Gasteiger partial charge in [0.15, 0.2) is 0 Å². The Hall–Kier alpha value is -0.750. The van der Waals surface area contributed by atoms with Crippen LogP contribution in [0, 0.1) is 5.92 Å². The molecule has 1 saturated heterocycles. The molecule has 3 N–H and O–H groups in total. The Kier molecular flexibility index (Phi) is 5.95. The number of nitrogens with two attached hydrogens (primary N) is 1. The van der Waals surface area contributed by atoms with Crippen LogP contribution in [-0.4, -0.2) is 45.6 Å². The number of hydrogen-bond donors (Lipinski definition) is 2. The van der Waals surface area contributed by atoms with Crippen LogP contribution in [0.2, 0.25) is 0 Å². The van der Waals surface area contributed by atoms with E-state index in [0.717, 1.165) is 12.8 Å². The fraction of sp³-hybridized carbons (Fsp3) is 0.833. The largest absolute Gasteiger partial charge is 0.480 e. The van der Waals surface area contributed by atoms with Crippen LogP contribution in [-0.2, 0) is 9.59 Å². The molecule has 1 amide bonds. The molecule has 0 spiro atoms. The highest BCUT2D eigenvalue weighted by Gasteiger charge is 2.40. The molecule has 6 heteroatoms. The molecule has 3 atom stereocenters. The van der Waals surface area contributed by atoms with Gasteiger partial charge in [0.25, 0.3) is 0 Å². The lowest BCUT2D eigenvalue weighted by molar-refractivity contribution is -0.149. The summed E-state index contributed by atoms with van der Waals surface area (Å²) in [4.78, 5) is 25.0. The summed E-state index contributed by atoms with van der Waals surface area (Å²) in [6.45, 7) is 4.40. The van der Waals surface area contributed by atoms with Gasteiger partial charge in [0.2, 0.25) is 5.91 Å². The Bertz CT molecular complexity index is 312. The second-order valence-electron chi connectivity index (χ2n) is 4.78. The molecule has 0 bridgehead atoms. The van der Waals surface area contributed by atoms with E-state index in [2.05, 4.69) is 0 Å². The van der Waals surface area contributed by atoms with Crippen molar-refractivity contribution in [2.24, 2.45) is 11.7 Å². The van der Waals surface area contributed by atoms with Crippen LogP contribution in [0.1, 0.15) is 33.1 Å². The van der Waals surface area contributed by atoms with Crippen LogP contribution in [0.4, 0.5) is 0 Å². The number of hydrogen-bond acceptors (Lipinski definition) is 4. The van der Waals surface area contributed by atoms with Gasteiger partial charge in [0.1, 0.15) is 6.04 Å². The lowest BCUT2D eigenvalue weighted by Crippen LogP contribution is -2.46.